The van der Waals surface area contributed by atoms with Crippen LogP contribution in [-0.4, -0.2) is 54.2 Å². The van der Waals surface area contributed by atoms with Gasteiger partial charge in [-0.2, -0.15) is 10.2 Å². The van der Waals surface area contributed by atoms with Crippen molar-refractivity contribution in [2.24, 2.45) is 0 Å². The summed E-state index contributed by atoms with van der Waals surface area (Å²) in [6.45, 7) is 5.34. The van der Waals surface area contributed by atoms with Crippen molar-refractivity contribution in [3.8, 4) is 6.07 Å². The third-order valence-electron chi connectivity index (χ3n) is 4.87. The number of rotatable bonds is 3. The lowest BCUT2D eigenvalue weighted by molar-refractivity contribution is 0.634. The molecule has 0 unspecified atom stereocenters. The molecule has 2 aromatic rings. The van der Waals surface area contributed by atoms with Gasteiger partial charge in [-0.15, -0.1) is 0 Å². The highest BCUT2D eigenvalue weighted by Crippen LogP contribution is 2.26. The quantitative estimate of drug-likeness (QED) is 0.822. The Balaban J connectivity index is 1.44. The topological polar surface area (TPSA) is 72.2 Å². The molecule has 2 aliphatic heterocycles. The largest absolute Gasteiger partial charge is 0.356 e. The molecule has 8 heteroatoms. The molecule has 0 saturated carbocycles. The maximum Gasteiger partial charge on any atom is 0.227 e. The third kappa shape index (κ3) is 3.37. The molecule has 4 rings (SSSR count). The van der Waals surface area contributed by atoms with Gasteiger partial charge in [0.1, 0.15) is 17.7 Å². The van der Waals surface area contributed by atoms with Gasteiger partial charge in [0.25, 0.3) is 0 Å². The van der Waals surface area contributed by atoms with E-state index in [-0.39, 0.29) is 0 Å². The first-order chi connectivity index (χ1) is 12.7. The number of hydrogen-bond acceptors (Lipinski definition) is 7. The van der Waals surface area contributed by atoms with E-state index in [1.54, 1.807) is 12.3 Å². The summed E-state index contributed by atoms with van der Waals surface area (Å²) in [5.74, 6) is 2.54. The number of hydrogen-bond donors (Lipinski definition) is 0. The Kier molecular flexibility index (Phi) is 4.76. The average molecular weight is 370 g/mol. The molecule has 2 fully saturated rings. The van der Waals surface area contributed by atoms with E-state index in [1.807, 2.05) is 12.3 Å². The smallest absolute Gasteiger partial charge is 0.227 e. The molecule has 26 heavy (non-hydrogen) atoms. The van der Waals surface area contributed by atoms with Crippen molar-refractivity contribution < 1.29 is 0 Å². The summed E-state index contributed by atoms with van der Waals surface area (Å²) in [6.07, 6.45) is 5.88. The van der Waals surface area contributed by atoms with Gasteiger partial charge in [0, 0.05) is 51.7 Å². The van der Waals surface area contributed by atoms with Crippen LogP contribution in [-0.2, 0) is 0 Å². The first-order valence-electron chi connectivity index (χ1n) is 8.88. The second-order valence-electron chi connectivity index (χ2n) is 6.52. The van der Waals surface area contributed by atoms with Crippen LogP contribution in [0, 0.1) is 11.3 Å². The lowest BCUT2D eigenvalue weighted by Crippen LogP contribution is -2.47. The molecule has 2 aromatic heterocycles. The highest BCUT2D eigenvalue weighted by Gasteiger charge is 2.23. The molecule has 0 bridgehead atoms. The summed E-state index contributed by atoms with van der Waals surface area (Å²) in [5, 5.41) is 9.46. The van der Waals surface area contributed by atoms with E-state index in [4.69, 9.17) is 21.8 Å². The highest BCUT2D eigenvalue weighted by atomic mass is 35.5. The van der Waals surface area contributed by atoms with Crippen LogP contribution in [0.25, 0.3) is 0 Å². The molecule has 4 heterocycles. The fourth-order valence-electron chi connectivity index (χ4n) is 3.46. The first-order valence-corrected chi connectivity index (χ1v) is 9.26. The molecule has 0 spiro atoms. The van der Waals surface area contributed by atoms with E-state index in [9.17, 15) is 0 Å². The Morgan fingerprint density at radius 1 is 0.962 bits per heavy atom. The summed E-state index contributed by atoms with van der Waals surface area (Å²) >= 11 is 6.29. The Bertz CT molecular complexity index is 821. The number of nitriles is 1. The van der Waals surface area contributed by atoms with E-state index >= 15 is 0 Å². The minimum atomic E-state index is 0.476. The summed E-state index contributed by atoms with van der Waals surface area (Å²) < 4.78 is 0. The second kappa shape index (κ2) is 7.34. The molecule has 7 nitrogen and oxygen atoms in total. The van der Waals surface area contributed by atoms with Crippen LogP contribution < -0.4 is 14.7 Å². The molecule has 134 valence electrons. The Morgan fingerprint density at radius 2 is 1.69 bits per heavy atom. The SMILES string of the molecule is N#Cc1cnc(N2CCN(c3nccc(N4CCCC4)n3)CC2)c(Cl)c1. The fourth-order valence-corrected chi connectivity index (χ4v) is 3.74. The van der Waals surface area contributed by atoms with Crippen molar-refractivity contribution in [3.05, 3.63) is 35.1 Å². The van der Waals surface area contributed by atoms with Crippen LogP contribution in [0.1, 0.15) is 18.4 Å². The molecule has 2 aliphatic rings. The normalized spacial score (nSPS) is 17.5. The molecule has 0 atom stereocenters. The first kappa shape index (κ1) is 16.9. The monoisotopic (exact) mass is 369 g/mol. The lowest BCUT2D eigenvalue weighted by atomic mass is 10.2. The fraction of sp³-hybridized carbons (Fsp3) is 0.444. The Morgan fingerprint density at radius 3 is 2.38 bits per heavy atom. The summed E-state index contributed by atoms with van der Waals surface area (Å²) in [5.41, 5.74) is 0.476. The van der Waals surface area contributed by atoms with Gasteiger partial charge in [0.15, 0.2) is 0 Å². The van der Waals surface area contributed by atoms with Crippen LogP contribution in [0.15, 0.2) is 24.5 Å². The van der Waals surface area contributed by atoms with Gasteiger partial charge in [0.2, 0.25) is 5.95 Å². The molecule has 0 amide bonds. The number of aromatic nitrogens is 3. The van der Waals surface area contributed by atoms with E-state index < -0.39 is 0 Å². The maximum absolute atomic E-state index is 8.94. The minimum absolute atomic E-state index is 0.476. The third-order valence-corrected chi connectivity index (χ3v) is 5.15. The van der Waals surface area contributed by atoms with E-state index in [0.29, 0.717) is 10.6 Å². The van der Waals surface area contributed by atoms with Gasteiger partial charge in [-0.3, -0.25) is 0 Å². The Labute approximate surface area is 157 Å². The molecular formula is C18H20ClN7. The zero-order valence-corrected chi connectivity index (χ0v) is 15.2. The molecular weight excluding hydrogens is 350 g/mol. The standard InChI is InChI=1S/C18H20ClN7/c19-15-11-14(12-20)13-22-17(15)25-7-9-26(10-8-25)18-21-4-3-16(23-18)24-5-1-2-6-24/h3-4,11,13H,1-2,5-10H2. The summed E-state index contributed by atoms with van der Waals surface area (Å²) in [4.78, 5) is 20.2. The van der Waals surface area contributed by atoms with Gasteiger partial charge < -0.3 is 14.7 Å². The van der Waals surface area contributed by atoms with Crippen molar-refractivity contribution >= 4 is 29.2 Å². The van der Waals surface area contributed by atoms with Crippen molar-refractivity contribution in [1.82, 2.24) is 15.0 Å². The summed E-state index contributed by atoms with van der Waals surface area (Å²) in [6, 6.07) is 5.72. The number of nitrogens with zero attached hydrogens (tertiary/aromatic N) is 7. The van der Waals surface area contributed by atoms with Crippen LogP contribution in [0.2, 0.25) is 5.02 Å². The molecule has 2 saturated heterocycles. The van der Waals surface area contributed by atoms with Crippen LogP contribution in [0.5, 0.6) is 0 Å². The average Bonchev–Trinajstić information content (AvgIpc) is 3.23. The number of pyridine rings is 1. The minimum Gasteiger partial charge on any atom is -0.356 e. The van der Waals surface area contributed by atoms with Crippen LogP contribution >= 0.6 is 11.6 Å². The van der Waals surface area contributed by atoms with Crippen molar-refractivity contribution in [1.29, 1.82) is 5.26 Å². The van der Waals surface area contributed by atoms with Crippen molar-refractivity contribution in [2.75, 3.05) is 54.0 Å². The predicted molar refractivity (Wildman–Crippen MR) is 102 cm³/mol. The highest BCUT2D eigenvalue weighted by molar-refractivity contribution is 6.33. The molecule has 0 aliphatic carbocycles. The zero-order valence-electron chi connectivity index (χ0n) is 14.5. The number of halogens is 1. The number of piperazine rings is 1. The van der Waals surface area contributed by atoms with Crippen LogP contribution in [0.3, 0.4) is 0 Å². The van der Waals surface area contributed by atoms with Gasteiger partial charge in [-0.1, -0.05) is 11.6 Å². The molecule has 0 N–H and O–H groups in total. The van der Waals surface area contributed by atoms with Gasteiger partial charge in [0.05, 0.1) is 10.6 Å². The Hall–Kier alpha value is -2.59. The van der Waals surface area contributed by atoms with E-state index in [0.717, 1.165) is 56.9 Å². The number of anilines is 3. The van der Waals surface area contributed by atoms with Crippen LogP contribution in [0.4, 0.5) is 17.6 Å². The van der Waals surface area contributed by atoms with Gasteiger partial charge in [-0.05, 0) is 25.0 Å². The molecule has 0 aromatic carbocycles. The molecule has 0 radical (unpaired) electrons. The maximum atomic E-state index is 8.94. The predicted octanol–water partition coefficient (Wildman–Crippen LogP) is 2.32. The van der Waals surface area contributed by atoms with E-state index in [1.165, 1.54) is 12.8 Å². The zero-order chi connectivity index (χ0) is 17.9. The lowest BCUT2D eigenvalue weighted by Gasteiger charge is -2.36. The van der Waals surface area contributed by atoms with Gasteiger partial charge in [-0.25, -0.2) is 9.97 Å². The van der Waals surface area contributed by atoms with Gasteiger partial charge >= 0.3 is 0 Å². The van der Waals surface area contributed by atoms with Crippen molar-refractivity contribution in [2.45, 2.75) is 12.8 Å². The second-order valence-corrected chi connectivity index (χ2v) is 6.93. The summed E-state index contributed by atoms with van der Waals surface area (Å²) in [7, 11) is 0. The van der Waals surface area contributed by atoms with Crippen molar-refractivity contribution in [3.63, 3.8) is 0 Å². The van der Waals surface area contributed by atoms with E-state index in [2.05, 4.69) is 30.7 Å².